The number of nitrogens with two attached hydrogens (primary N) is 1. The smallest absolute Gasteiger partial charge is 0.269 e. The van der Waals surface area contributed by atoms with Crippen LogP contribution in [0.25, 0.3) is 16.5 Å². The van der Waals surface area contributed by atoms with Crippen molar-refractivity contribution in [2.24, 2.45) is 16.0 Å². The fraction of sp³-hybridized carbons (Fsp3) is 0.419. The summed E-state index contributed by atoms with van der Waals surface area (Å²) in [5.74, 6) is -0.442. The minimum absolute atomic E-state index is 0.0349. The molecular weight excluding hydrogens is 553 g/mol. The molecule has 0 bridgehead atoms. The second-order valence-corrected chi connectivity index (χ2v) is 11.9. The molecule has 4 aliphatic rings. The van der Waals surface area contributed by atoms with Crippen LogP contribution in [0, 0.1) is 0 Å². The van der Waals surface area contributed by atoms with E-state index in [4.69, 9.17) is 10.5 Å². The summed E-state index contributed by atoms with van der Waals surface area (Å²) in [7, 11) is 0. The van der Waals surface area contributed by atoms with Crippen molar-refractivity contribution in [2.45, 2.75) is 69.4 Å². The van der Waals surface area contributed by atoms with Crippen molar-refractivity contribution in [3.63, 3.8) is 0 Å². The zero-order chi connectivity index (χ0) is 29.8. The van der Waals surface area contributed by atoms with Crippen molar-refractivity contribution in [3.05, 3.63) is 65.0 Å². The first-order valence-electron chi connectivity index (χ1n) is 14.6. The van der Waals surface area contributed by atoms with E-state index in [0.717, 1.165) is 35.3 Å². The van der Waals surface area contributed by atoms with Crippen LogP contribution in [0.5, 0.6) is 5.75 Å². The number of rotatable bonds is 7. The maximum Gasteiger partial charge on any atom is 0.269 e. The number of hydrogen-bond donors (Lipinski definition) is 2. The van der Waals surface area contributed by atoms with Crippen LogP contribution < -0.4 is 15.8 Å². The topological polar surface area (TPSA) is 144 Å². The fourth-order valence-corrected chi connectivity index (χ4v) is 6.47. The highest BCUT2D eigenvalue weighted by atomic mass is 19.1. The SMILES string of the molecule is CC1CC(c2ccc3c(c2)c(C(N)=O)nn3CC(=O)N2CC(F)CC2C(=O)NC2CC2c2ccc3c(c2)CCO3)=CN=N1. The molecule has 222 valence electrons. The van der Waals surface area contributed by atoms with Crippen LogP contribution in [0.4, 0.5) is 4.39 Å². The van der Waals surface area contributed by atoms with Gasteiger partial charge in [-0.25, -0.2) is 4.39 Å². The predicted octanol–water partition coefficient (Wildman–Crippen LogP) is 3.27. The Kier molecular flexibility index (Phi) is 6.71. The number of fused-ring (bicyclic) bond motifs is 2. The summed E-state index contributed by atoms with van der Waals surface area (Å²) in [4.78, 5) is 40.4. The normalized spacial score (nSPS) is 25.8. The second kappa shape index (κ2) is 10.6. The first kappa shape index (κ1) is 27.2. The second-order valence-electron chi connectivity index (χ2n) is 11.9. The number of benzene rings is 2. The first-order chi connectivity index (χ1) is 20.7. The van der Waals surface area contributed by atoms with Gasteiger partial charge in [0.25, 0.3) is 5.91 Å². The Hall–Kier alpha value is -4.61. The molecule has 12 heteroatoms. The quantitative estimate of drug-likeness (QED) is 0.437. The summed E-state index contributed by atoms with van der Waals surface area (Å²) in [6, 6.07) is 10.7. The van der Waals surface area contributed by atoms with Crippen molar-refractivity contribution in [1.29, 1.82) is 0 Å². The van der Waals surface area contributed by atoms with Gasteiger partial charge in [-0.1, -0.05) is 18.2 Å². The summed E-state index contributed by atoms with van der Waals surface area (Å²) in [5, 5.41) is 16.1. The molecule has 2 aromatic carbocycles. The van der Waals surface area contributed by atoms with Crippen LogP contribution in [0.15, 0.2) is 52.8 Å². The van der Waals surface area contributed by atoms with Crippen LogP contribution in [0.1, 0.15) is 59.3 Å². The molecule has 1 aliphatic carbocycles. The number of azo groups is 1. The van der Waals surface area contributed by atoms with Gasteiger partial charge in [0, 0.05) is 30.2 Å². The van der Waals surface area contributed by atoms with Gasteiger partial charge >= 0.3 is 0 Å². The molecule has 3 N–H and O–H groups in total. The van der Waals surface area contributed by atoms with E-state index in [1.54, 1.807) is 12.3 Å². The van der Waals surface area contributed by atoms with Crippen molar-refractivity contribution in [3.8, 4) is 5.75 Å². The van der Waals surface area contributed by atoms with Gasteiger partial charge in [0.1, 0.15) is 24.5 Å². The lowest BCUT2D eigenvalue weighted by atomic mass is 9.98. The molecule has 4 heterocycles. The molecule has 0 radical (unpaired) electrons. The van der Waals surface area contributed by atoms with Crippen LogP contribution in [0.3, 0.4) is 0 Å². The van der Waals surface area contributed by atoms with Crippen molar-refractivity contribution in [1.82, 2.24) is 20.0 Å². The Labute approximate surface area is 246 Å². The minimum atomic E-state index is -1.31. The lowest BCUT2D eigenvalue weighted by Gasteiger charge is -2.24. The number of likely N-dealkylation sites (tertiary alicyclic amines) is 1. The summed E-state index contributed by atoms with van der Waals surface area (Å²) in [6.07, 6.45) is 2.68. The van der Waals surface area contributed by atoms with Gasteiger partial charge in [-0.15, -0.1) is 0 Å². The van der Waals surface area contributed by atoms with Crippen LogP contribution >= 0.6 is 0 Å². The van der Waals surface area contributed by atoms with Gasteiger partial charge in [-0.05, 0) is 60.2 Å². The molecular formula is C31H32FN7O4. The molecule has 1 saturated carbocycles. The largest absolute Gasteiger partial charge is 0.493 e. The fourth-order valence-electron chi connectivity index (χ4n) is 6.47. The Morgan fingerprint density at radius 2 is 2.02 bits per heavy atom. The molecule has 0 spiro atoms. The maximum atomic E-state index is 14.6. The van der Waals surface area contributed by atoms with E-state index in [1.807, 2.05) is 31.2 Å². The third-order valence-electron chi connectivity index (χ3n) is 8.77. The monoisotopic (exact) mass is 585 g/mol. The van der Waals surface area contributed by atoms with Crippen LogP contribution in [-0.2, 0) is 22.6 Å². The molecule has 5 unspecified atom stereocenters. The van der Waals surface area contributed by atoms with Crippen molar-refractivity contribution >= 4 is 34.2 Å². The Balaban J connectivity index is 1.06. The highest BCUT2D eigenvalue weighted by Gasteiger charge is 2.45. The summed E-state index contributed by atoms with van der Waals surface area (Å²) < 4.78 is 21.6. The summed E-state index contributed by atoms with van der Waals surface area (Å²) >= 11 is 0. The minimum Gasteiger partial charge on any atom is -0.493 e. The number of hydrogen-bond acceptors (Lipinski definition) is 7. The molecule has 2 fully saturated rings. The van der Waals surface area contributed by atoms with Crippen LogP contribution in [-0.4, -0.2) is 69.9 Å². The lowest BCUT2D eigenvalue weighted by molar-refractivity contribution is -0.139. The summed E-state index contributed by atoms with van der Waals surface area (Å²) in [6.45, 7) is 2.21. The third-order valence-corrected chi connectivity index (χ3v) is 8.77. The Morgan fingerprint density at radius 3 is 2.84 bits per heavy atom. The zero-order valence-electron chi connectivity index (χ0n) is 23.7. The number of primary amides is 1. The number of alkyl halides is 1. The Bertz CT molecular complexity index is 1720. The predicted molar refractivity (Wildman–Crippen MR) is 155 cm³/mol. The molecule has 43 heavy (non-hydrogen) atoms. The molecule has 5 atom stereocenters. The highest BCUT2D eigenvalue weighted by molar-refractivity contribution is 6.05. The average molecular weight is 586 g/mol. The highest BCUT2D eigenvalue weighted by Crippen LogP contribution is 2.43. The number of aromatic nitrogens is 2. The van der Waals surface area contributed by atoms with E-state index < -0.39 is 24.0 Å². The van der Waals surface area contributed by atoms with E-state index in [0.29, 0.717) is 23.9 Å². The molecule has 3 aromatic rings. The van der Waals surface area contributed by atoms with Crippen molar-refractivity contribution < 1.29 is 23.5 Å². The van der Waals surface area contributed by atoms with Crippen LogP contribution in [0.2, 0.25) is 0 Å². The first-order valence-corrected chi connectivity index (χ1v) is 14.6. The zero-order valence-corrected chi connectivity index (χ0v) is 23.7. The lowest BCUT2D eigenvalue weighted by Crippen LogP contribution is -2.47. The van der Waals surface area contributed by atoms with Crippen molar-refractivity contribution in [2.75, 3.05) is 13.2 Å². The van der Waals surface area contributed by atoms with E-state index >= 15 is 0 Å². The summed E-state index contributed by atoms with van der Waals surface area (Å²) in [5.41, 5.74) is 10.4. The van der Waals surface area contributed by atoms with E-state index in [1.165, 1.54) is 15.1 Å². The third kappa shape index (κ3) is 5.15. The molecule has 7 rings (SSSR count). The number of ether oxygens (including phenoxy) is 1. The average Bonchev–Trinajstić information content (AvgIpc) is 3.29. The standard InChI is InChI=1S/C31H32FN7O4/c1-16-8-20(13-34-36-16)17-2-4-25-23(10-17)29(30(33)41)37-39(25)15-28(40)38-14-21(32)11-26(38)31(42)35-24-12-22(24)18-3-5-27-19(9-18)6-7-43-27/h2-5,9-10,13,16,21-22,24,26H,6-8,11-12,14-15H2,1H3,(H2,33,41)(H,35,42). The molecule has 3 aliphatic heterocycles. The van der Waals surface area contributed by atoms with Gasteiger partial charge in [-0.3, -0.25) is 19.1 Å². The van der Waals surface area contributed by atoms with Gasteiger partial charge in [-0.2, -0.15) is 15.3 Å². The number of amides is 3. The molecule has 1 aromatic heterocycles. The molecule has 11 nitrogen and oxygen atoms in total. The van der Waals surface area contributed by atoms with E-state index in [2.05, 4.69) is 26.7 Å². The van der Waals surface area contributed by atoms with Gasteiger partial charge in [0.15, 0.2) is 5.69 Å². The number of carbonyl (C=O) groups excluding carboxylic acids is 3. The van der Waals surface area contributed by atoms with E-state index in [9.17, 15) is 18.8 Å². The van der Waals surface area contributed by atoms with Gasteiger partial charge in [0.05, 0.1) is 30.9 Å². The van der Waals surface area contributed by atoms with Gasteiger partial charge in [0.2, 0.25) is 11.8 Å². The molecule has 3 amide bonds. The maximum absolute atomic E-state index is 14.6. The number of carbonyl (C=O) groups is 3. The number of nitrogens with zero attached hydrogens (tertiary/aromatic N) is 5. The number of halogens is 1. The Morgan fingerprint density at radius 1 is 1.16 bits per heavy atom. The van der Waals surface area contributed by atoms with Gasteiger partial charge < -0.3 is 20.7 Å². The number of nitrogens with one attached hydrogen (secondary N) is 1. The molecule has 1 saturated heterocycles. The van der Waals surface area contributed by atoms with E-state index in [-0.39, 0.29) is 49.1 Å².